The van der Waals surface area contributed by atoms with Crippen LogP contribution in [0.3, 0.4) is 0 Å². The number of ether oxygens (including phenoxy) is 1. The third kappa shape index (κ3) is 4.30. The predicted molar refractivity (Wildman–Crippen MR) is 105 cm³/mol. The third-order valence-electron chi connectivity index (χ3n) is 5.05. The Bertz CT molecular complexity index is 893. The summed E-state index contributed by atoms with van der Waals surface area (Å²) in [4.78, 5) is 13.4. The average molecular weight is 386 g/mol. The van der Waals surface area contributed by atoms with Crippen molar-refractivity contribution < 1.29 is 13.9 Å². The summed E-state index contributed by atoms with van der Waals surface area (Å²) in [5, 5.41) is 12.9. The molecule has 0 radical (unpaired) electrons. The van der Waals surface area contributed by atoms with E-state index in [9.17, 15) is 14.4 Å². The van der Waals surface area contributed by atoms with Gasteiger partial charge in [0, 0.05) is 4.88 Å². The Morgan fingerprint density at radius 1 is 1.41 bits per heavy atom. The zero-order chi connectivity index (χ0) is 19.6. The van der Waals surface area contributed by atoms with Gasteiger partial charge in [-0.25, -0.2) is 4.39 Å². The van der Waals surface area contributed by atoms with E-state index in [0.717, 1.165) is 24.8 Å². The fourth-order valence-electron chi connectivity index (χ4n) is 3.40. The highest BCUT2D eigenvalue weighted by Gasteiger charge is 2.32. The first-order valence-electron chi connectivity index (χ1n) is 9.01. The lowest BCUT2D eigenvalue weighted by atomic mass is 9.72. The van der Waals surface area contributed by atoms with Crippen LogP contribution in [0, 0.1) is 28.5 Å². The summed E-state index contributed by atoms with van der Waals surface area (Å²) in [5.41, 5.74) is 1.83. The van der Waals surface area contributed by atoms with Gasteiger partial charge in [0.1, 0.15) is 11.1 Å². The Balaban J connectivity index is 1.71. The number of nitrogens with zero attached hydrogens (tertiary/aromatic N) is 1. The highest BCUT2D eigenvalue weighted by molar-refractivity contribution is 7.16. The molecule has 1 heterocycles. The Kier molecular flexibility index (Phi) is 5.52. The predicted octanol–water partition coefficient (Wildman–Crippen LogP) is 4.93. The van der Waals surface area contributed by atoms with E-state index in [1.165, 1.54) is 28.3 Å². The van der Waals surface area contributed by atoms with Crippen LogP contribution in [0.4, 0.5) is 9.39 Å². The van der Waals surface area contributed by atoms with Gasteiger partial charge in [0.05, 0.1) is 5.56 Å². The number of amides is 1. The molecule has 0 spiro atoms. The number of hydrogen-bond donors (Lipinski definition) is 1. The normalized spacial score (nSPS) is 16.3. The van der Waals surface area contributed by atoms with Crippen molar-refractivity contribution >= 4 is 22.2 Å². The molecule has 1 unspecified atom stereocenters. The average Bonchev–Trinajstić information content (AvgIpc) is 2.96. The van der Waals surface area contributed by atoms with Crippen molar-refractivity contribution in [3.05, 3.63) is 46.1 Å². The van der Waals surface area contributed by atoms with Crippen molar-refractivity contribution in [1.29, 1.82) is 5.26 Å². The van der Waals surface area contributed by atoms with Gasteiger partial charge in [-0.2, -0.15) is 5.26 Å². The molecule has 0 saturated carbocycles. The molecule has 1 N–H and O–H groups in total. The summed E-state index contributed by atoms with van der Waals surface area (Å²) in [6, 6.07) is 8.19. The second-order valence-electron chi connectivity index (χ2n) is 7.89. The number of carbonyl (C=O) groups is 1. The maximum absolute atomic E-state index is 13.6. The highest BCUT2D eigenvalue weighted by atomic mass is 32.1. The third-order valence-corrected chi connectivity index (χ3v) is 6.22. The Labute approximate surface area is 163 Å². The molecular weight excluding hydrogens is 363 g/mol. The molecule has 0 bridgehead atoms. The Hall–Kier alpha value is -2.39. The quantitative estimate of drug-likeness (QED) is 0.811. The molecule has 1 aliphatic carbocycles. The molecule has 1 atom stereocenters. The van der Waals surface area contributed by atoms with Crippen LogP contribution in [0.5, 0.6) is 5.75 Å². The van der Waals surface area contributed by atoms with Crippen LogP contribution in [-0.2, 0) is 17.6 Å². The van der Waals surface area contributed by atoms with Gasteiger partial charge in [-0.15, -0.1) is 11.3 Å². The van der Waals surface area contributed by atoms with Gasteiger partial charge < -0.3 is 10.1 Å². The van der Waals surface area contributed by atoms with Crippen molar-refractivity contribution in [2.24, 2.45) is 11.3 Å². The number of rotatable bonds is 4. The van der Waals surface area contributed by atoms with Crippen molar-refractivity contribution in [2.45, 2.75) is 40.0 Å². The number of para-hydroxylation sites is 1. The number of fused-ring (bicyclic) bond motifs is 1. The van der Waals surface area contributed by atoms with E-state index in [4.69, 9.17) is 4.74 Å². The summed E-state index contributed by atoms with van der Waals surface area (Å²) < 4.78 is 18.8. The molecule has 1 aromatic heterocycles. The standard InChI is InChI=1S/C21H23FN2O2S/c1-21(2,3)13-8-9-14-15(11-23)20(27-18(14)10-13)24-19(25)12-26-17-7-5-4-6-16(17)22/h4-7,13H,8-10,12H2,1-3H3,(H,24,25). The molecule has 1 aliphatic rings. The van der Waals surface area contributed by atoms with E-state index in [0.29, 0.717) is 16.5 Å². The fraction of sp³-hybridized carbons (Fsp3) is 0.429. The summed E-state index contributed by atoms with van der Waals surface area (Å²) in [5.74, 6) is -0.321. The molecule has 0 aliphatic heterocycles. The maximum Gasteiger partial charge on any atom is 0.262 e. The van der Waals surface area contributed by atoms with Gasteiger partial charge in [0.2, 0.25) is 0 Å². The summed E-state index contributed by atoms with van der Waals surface area (Å²) in [7, 11) is 0. The van der Waals surface area contributed by atoms with Crippen molar-refractivity contribution in [3.8, 4) is 11.8 Å². The minimum Gasteiger partial charge on any atom is -0.481 e. The largest absolute Gasteiger partial charge is 0.481 e. The maximum atomic E-state index is 13.6. The van der Waals surface area contributed by atoms with Crippen LogP contribution >= 0.6 is 11.3 Å². The first-order chi connectivity index (χ1) is 12.8. The minimum atomic E-state index is -0.511. The number of hydrogen-bond acceptors (Lipinski definition) is 4. The van der Waals surface area contributed by atoms with Crippen LogP contribution < -0.4 is 10.1 Å². The second-order valence-corrected chi connectivity index (χ2v) is 9.00. The fourth-order valence-corrected chi connectivity index (χ4v) is 4.69. The molecular formula is C21H23FN2O2S. The molecule has 27 heavy (non-hydrogen) atoms. The van der Waals surface area contributed by atoms with E-state index in [1.807, 2.05) is 0 Å². The molecule has 1 aromatic carbocycles. The van der Waals surface area contributed by atoms with Gasteiger partial charge in [-0.05, 0) is 48.3 Å². The smallest absolute Gasteiger partial charge is 0.262 e. The van der Waals surface area contributed by atoms with Gasteiger partial charge in [0.25, 0.3) is 5.91 Å². The van der Waals surface area contributed by atoms with Crippen molar-refractivity contribution in [3.63, 3.8) is 0 Å². The van der Waals surface area contributed by atoms with Crippen LogP contribution in [-0.4, -0.2) is 12.5 Å². The lowest BCUT2D eigenvalue weighted by Crippen LogP contribution is -2.26. The van der Waals surface area contributed by atoms with E-state index in [2.05, 4.69) is 32.2 Å². The highest BCUT2D eigenvalue weighted by Crippen LogP contribution is 2.43. The van der Waals surface area contributed by atoms with Crippen LogP contribution in [0.15, 0.2) is 24.3 Å². The number of benzene rings is 1. The van der Waals surface area contributed by atoms with Crippen molar-refractivity contribution in [1.82, 2.24) is 0 Å². The monoisotopic (exact) mass is 386 g/mol. The molecule has 142 valence electrons. The molecule has 4 nitrogen and oxygen atoms in total. The zero-order valence-corrected chi connectivity index (χ0v) is 16.6. The van der Waals surface area contributed by atoms with E-state index < -0.39 is 11.7 Å². The van der Waals surface area contributed by atoms with Gasteiger partial charge in [-0.1, -0.05) is 32.9 Å². The van der Waals surface area contributed by atoms with Gasteiger partial charge >= 0.3 is 0 Å². The van der Waals surface area contributed by atoms with E-state index in [1.54, 1.807) is 12.1 Å². The van der Waals surface area contributed by atoms with Gasteiger partial charge in [-0.3, -0.25) is 4.79 Å². The molecule has 0 fully saturated rings. The number of nitrogens with one attached hydrogen (secondary N) is 1. The van der Waals surface area contributed by atoms with Crippen LogP contribution in [0.2, 0.25) is 0 Å². The first-order valence-corrected chi connectivity index (χ1v) is 9.83. The summed E-state index contributed by atoms with van der Waals surface area (Å²) in [6.45, 7) is 6.41. The van der Waals surface area contributed by atoms with E-state index >= 15 is 0 Å². The second kappa shape index (κ2) is 7.69. The number of anilines is 1. The number of thiophene rings is 1. The Morgan fingerprint density at radius 3 is 2.81 bits per heavy atom. The lowest BCUT2D eigenvalue weighted by Gasteiger charge is -2.33. The van der Waals surface area contributed by atoms with Crippen LogP contribution in [0.25, 0.3) is 0 Å². The first kappa shape index (κ1) is 19.4. The molecule has 3 rings (SSSR count). The molecule has 2 aromatic rings. The van der Waals surface area contributed by atoms with Crippen LogP contribution in [0.1, 0.15) is 43.2 Å². The summed E-state index contributed by atoms with van der Waals surface area (Å²) >= 11 is 1.48. The molecule has 6 heteroatoms. The topological polar surface area (TPSA) is 62.1 Å². The number of carbonyl (C=O) groups excluding carboxylic acids is 1. The minimum absolute atomic E-state index is 0.0339. The van der Waals surface area contributed by atoms with Gasteiger partial charge in [0.15, 0.2) is 18.2 Å². The lowest BCUT2D eigenvalue weighted by molar-refractivity contribution is -0.118. The Morgan fingerprint density at radius 2 is 2.15 bits per heavy atom. The molecule has 0 saturated heterocycles. The summed E-state index contributed by atoms with van der Waals surface area (Å²) in [6.07, 6.45) is 2.84. The SMILES string of the molecule is CC(C)(C)C1CCc2c(sc(NC(=O)COc3ccccc3F)c2C#N)C1. The van der Waals surface area contributed by atoms with E-state index in [-0.39, 0.29) is 17.8 Å². The zero-order valence-electron chi connectivity index (χ0n) is 15.8. The molecule has 1 amide bonds. The van der Waals surface area contributed by atoms with Crippen molar-refractivity contribution in [2.75, 3.05) is 11.9 Å². The number of nitriles is 1. The number of halogens is 1.